The van der Waals surface area contributed by atoms with E-state index in [1.807, 2.05) is 0 Å². The number of carbonyl (C=O) groups excluding carboxylic acids is 4. The first kappa shape index (κ1) is 99.2. The third kappa shape index (κ3) is 75.4. The molecule has 0 fully saturated rings. The molecule has 0 saturated heterocycles. The van der Waals surface area contributed by atoms with E-state index >= 15 is 0 Å². The first-order chi connectivity index (χ1) is 50.7. The van der Waals surface area contributed by atoms with E-state index in [4.69, 9.17) is 37.0 Å². The Morgan fingerprint density at radius 1 is 0.279 bits per heavy atom. The van der Waals surface area contributed by atoms with Gasteiger partial charge in [0.15, 0.2) is 12.2 Å². The summed E-state index contributed by atoms with van der Waals surface area (Å²) >= 11 is 0. The Morgan fingerprint density at radius 2 is 0.510 bits per heavy atom. The fraction of sp³-hybridized carbons (Fsp3) is 0.694. The van der Waals surface area contributed by atoms with Gasteiger partial charge in [0, 0.05) is 25.7 Å². The van der Waals surface area contributed by atoms with Gasteiger partial charge < -0.3 is 33.8 Å². The molecule has 0 heterocycles. The second-order valence-corrected chi connectivity index (χ2v) is 29.5. The molecule has 0 aliphatic carbocycles. The molecule has 0 amide bonds. The Balaban J connectivity index is 5.37. The molecule has 0 aromatic rings. The SMILES string of the molecule is CC/C=C\C/C=C\C/C=C\C/C=C\CCCCCCC(=O)OCC(COP(=O)(O)OCC(O)COP(=O)(O)OCC(COC(=O)CCCCCCCC/C=C\C/C=C\C/C=C\CCCCC)OC(=O)CCCCCCCCC/C=C\C/C=C\C/C=C\CC)OC(=O)CCCCCCC/C=C\CCCC. The lowest BCUT2D eigenvalue weighted by molar-refractivity contribution is -0.161. The molecule has 5 unspecified atom stereocenters. The van der Waals surface area contributed by atoms with Crippen molar-refractivity contribution >= 4 is 39.5 Å². The summed E-state index contributed by atoms with van der Waals surface area (Å²) in [7, 11) is -9.98. The van der Waals surface area contributed by atoms with Crippen molar-refractivity contribution in [2.75, 3.05) is 39.6 Å². The summed E-state index contributed by atoms with van der Waals surface area (Å²) in [5.41, 5.74) is 0. The Bertz CT molecular complexity index is 2490. The number of allylic oxidation sites excluding steroid dienone is 22. The van der Waals surface area contributed by atoms with Crippen LogP contribution in [0.2, 0.25) is 0 Å². The largest absolute Gasteiger partial charge is 0.472 e. The van der Waals surface area contributed by atoms with Crippen molar-refractivity contribution in [3.05, 3.63) is 134 Å². The van der Waals surface area contributed by atoms with Crippen LogP contribution < -0.4 is 0 Å². The minimum atomic E-state index is -4.99. The topological polar surface area (TPSA) is 237 Å². The van der Waals surface area contributed by atoms with Crippen LogP contribution in [-0.4, -0.2) is 96.7 Å². The molecule has 104 heavy (non-hydrogen) atoms. The van der Waals surface area contributed by atoms with E-state index in [2.05, 4.69) is 161 Å². The maximum atomic E-state index is 13.1. The van der Waals surface area contributed by atoms with Crippen LogP contribution >= 0.6 is 15.6 Å². The number of aliphatic hydroxyl groups is 1. The van der Waals surface area contributed by atoms with Gasteiger partial charge in [0.25, 0.3) is 0 Å². The maximum Gasteiger partial charge on any atom is 0.472 e. The van der Waals surface area contributed by atoms with Crippen molar-refractivity contribution in [1.29, 1.82) is 0 Å². The second-order valence-electron chi connectivity index (χ2n) is 26.6. The van der Waals surface area contributed by atoms with Crippen LogP contribution in [0, 0.1) is 0 Å². The van der Waals surface area contributed by atoms with Gasteiger partial charge in [0.1, 0.15) is 19.3 Å². The van der Waals surface area contributed by atoms with E-state index in [0.717, 1.165) is 212 Å². The zero-order chi connectivity index (χ0) is 76.0. The fourth-order valence-electron chi connectivity index (χ4n) is 10.4. The molecule has 0 rings (SSSR count). The Morgan fingerprint density at radius 3 is 0.808 bits per heavy atom. The van der Waals surface area contributed by atoms with Crippen molar-refractivity contribution in [1.82, 2.24) is 0 Å². The molecule has 19 heteroatoms. The fourth-order valence-corrected chi connectivity index (χ4v) is 12.0. The van der Waals surface area contributed by atoms with Crippen molar-refractivity contribution in [2.45, 2.75) is 341 Å². The number of phosphoric ester groups is 2. The lowest BCUT2D eigenvalue weighted by Gasteiger charge is -2.21. The zero-order valence-corrected chi connectivity index (χ0v) is 66.9. The smallest absolute Gasteiger partial charge is 0.462 e. The van der Waals surface area contributed by atoms with Crippen molar-refractivity contribution in [2.24, 2.45) is 0 Å². The number of aliphatic hydroxyl groups excluding tert-OH is 1. The summed E-state index contributed by atoms with van der Waals surface area (Å²) in [6.07, 6.45) is 85.7. The third-order valence-corrected chi connectivity index (χ3v) is 18.5. The van der Waals surface area contributed by atoms with Gasteiger partial charge in [-0.1, -0.05) is 277 Å². The van der Waals surface area contributed by atoms with E-state index in [1.165, 1.54) is 32.1 Å². The molecule has 0 aromatic heterocycles. The zero-order valence-electron chi connectivity index (χ0n) is 65.2. The highest BCUT2D eigenvalue weighted by Crippen LogP contribution is 2.45. The second kappa shape index (κ2) is 76.4. The summed E-state index contributed by atoms with van der Waals surface area (Å²) in [6.45, 7) is 4.54. The normalized spacial score (nSPS) is 14.6. The quantitative estimate of drug-likeness (QED) is 0.0169. The molecule has 0 aliphatic rings. The number of hydrogen-bond acceptors (Lipinski definition) is 15. The van der Waals surface area contributed by atoms with Gasteiger partial charge in [0.05, 0.1) is 26.4 Å². The maximum absolute atomic E-state index is 13.1. The van der Waals surface area contributed by atoms with Gasteiger partial charge in [-0.05, 0) is 154 Å². The van der Waals surface area contributed by atoms with Crippen LogP contribution in [0.5, 0.6) is 0 Å². The van der Waals surface area contributed by atoms with Crippen LogP contribution in [-0.2, 0) is 65.4 Å². The molecule has 0 saturated carbocycles. The first-order valence-electron chi connectivity index (χ1n) is 40.4. The van der Waals surface area contributed by atoms with E-state index in [-0.39, 0.29) is 25.7 Å². The van der Waals surface area contributed by atoms with Crippen LogP contribution in [0.25, 0.3) is 0 Å². The van der Waals surface area contributed by atoms with Crippen molar-refractivity contribution in [3.63, 3.8) is 0 Å². The summed E-state index contributed by atoms with van der Waals surface area (Å²) in [5, 5.41) is 10.6. The van der Waals surface area contributed by atoms with Gasteiger partial charge in [-0.25, -0.2) is 9.13 Å². The van der Waals surface area contributed by atoms with E-state index in [0.29, 0.717) is 25.7 Å². The highest BCUT2D eigenvalue weighted by Gasteiger charge is 2.30. The van der Waals surface area contributed by atoms with Crippen molar-refractivity contribution in [3.8, 4) is 0 Å². The lowest BCUT2D eigenvalue weighted by atomic mass is 10.1. The van der Waals surface area contributed by atoms with Gasteiger partial charge in [-0.15, -0.1) is 0 Å². The molecule has 3 N–H and O–H groups in total. The molecule has 0 bridgehead atoms. The minimum Gasteiger partial charge on any atom is -0.462 e. The summed E-state index contributed by atoms with van der Waals surface area (Å²) in [4.78, 5) is 73.0. The average molecular weight is 1500 g/mol. The third-order valence-electron chi connectivity index (χ3n) is 16.6. The number of rotatable bonds is 75. The molecule has 0 spiro atoms. The first-order valence-corrected chi connectivity index (χ1v) is 43.4. The molecule has 17 nitrogen and oxygen atoms in total. The molecular weight excluding hydrogens is 1350 g/mol. The summed E-state index contributed by atoms with van der Waals surface area (Å²) in [6, 6.07) is 0. The number of unbranched alkanes of at least 4 members (excludes halogenated alkanes) is 27. The van der Waals surface area contributed by atoms with E-state index in [9.17, 15) is 43.2 Å². The number of carbonyl (C=O) groups is 4. The molecule has 0 radical (unpaired) electrons. The van der Waals surface area contributed by atoms with Gasteiger partial charge >= 0.3 is 39.5 Å². The molecule has 596 valence electrons. The lowest BCUT2D eigenvalue weighted by Crippen LogP contribution is -2.30. The minimum absolute atomic E-state index is 0.0759. The van der Waals surface area contributed by atoms with E-state index in [1.54, 1.807) is 0 Å². The van der Waals surface area contributed by atoms with Gasteiger partial charge in [-0.3, -0.25) is 37.3 Å². The molecular formula is C85H144O17P2. The monoisotopic (exact) mass is 1500 g/mol. The van der Waals surface area contributed by atoms with Crippen LogP contribution in [0.15, 0.2) is 134 Å². The Labute approximate surface area is 631 Å². The van der Waals surface area contributed by atoms with Gasteiger partial charge in [-0.2, -0.15) is 0 Å². The Hall–Kier alpha value is -4.80. The number of phosphoric acid groups is 2. The van der Waals surface area contributed by atoms with Crippen molar-refractivity contribution < 1.29 is 80.2 Å². The average Bonchev–Trinajstić information content (AvgIpc) is 0.906. The highest BCUT2D eigenvalue weighted by atomic mass is 31.2. The number of ether oxygens (including phenoxy) is 4. The number of esters is 4. The number of hydrogen-bond donors (Lipinski definition) is 3. The standard InChI is InChI=1S/C85H144O17P2/c1-5-9-13-17-21-25-29-32-35-38-39-42-44-47-51-54-58-62-66-70-83(88)96-76-81(102-85(90)72-68-64-60-56-52-48-45-41-37-34-31-27-23-19-15-11-7-3)78-100-104(93,94)98-74-79(86)73-97-103(91,92)99-77-80(101-84(89)71-67-63-59-55-49-28-24-20-16-12-8-4)75-95-82(87)69-65-61-57-53-50-46-43-40-36-33-30-26-22-18-14-10-6-2/h10-11,14-15,20-27,32-37,39,42-43,46,79-81,86H,5-9,12-13,16-19,28-31,38,40-41,44-45,47-78H2,1-4H3,(H,91,92)(H,93,94)/b14-10-,15-11-,24-20-,25-21-,26-22-,27-23-,35-32-,36-33-,37-34-,42-39-,46-43-. The summed E-state index contributed by atoms with van der Waals surface area (Å²) in [5.74, 6) is -2.23. The summed E-state index contributed by atoms with van der Waals surface area (Å²) < 4.78 is 68.6. The molecule has 5 atom stereocenters. The van der Waals surface area contributed by atoms with Crippen LogP contribution in [0.3, 0.4) is 0 Å². The van der Waals surface area contributed by atoms with Crippen LogP contribution in [0.1, 0.15) is 323 Å². The highest BCUT2D eigenvalue weighted by molar-refractivity contribution is 7.47. The van der Waals surface area contributed by atoms with E-state index < -0.39 is 97.5 Å². The predicted molar refractivity (Wildman–Crippen MR) is 427 cm³/mol. The molecule has 0 aromatic carbocycles. The Kier molecular flexibility index (Phi) is 72.9. The van der Waals surface area contributed by atoms with Gasteiger partial charge in [0.2, 0.25) is 0 Å². The molecule has 0 aliphatic heterocycles. The predicted octanol–water partition coefficient (Wildman–Crippen LogP) is 23.7. The van der Waals surface area contributed by atoms with Crippen LogP contribution in [0.4, 0.5) is 0 Å².